The number of hydrogen-bond donors (Lipinski definition) is 1. The van der Waals surface area contributed by atoms with Crippen molar-refractivity contribution in [2.45, 2.75) is 66.2 Å². The van der Waals surface area contributed by atoms with Crippen LogP contribution in [0.5, 0.6) is 11.5 Å². The van der Waals surface area contributed by atoms with Crippen molar-refractivity contribution in [3.8, 4) is 11.5 Å². The van der Waals surface area contributed by atoms with E-state index in [0.717, 1.165) is 86.9 Å². The lowest BCUT2D eigenvalue weighted by Crippen LogP contribution is -2.31. The Morgan fingerprint density at radius 1 is 0.975 bits per heavy atom. The molecule has 2 aromatic carbocycles. The van der Waals surface area contributed by atoms with E-state index in [1.165, 1.54) is 28.0 Å². The fraction of sp³-hybridized carbons (Fsp3) is 0.441. The Labute approximate surface area is 243 Å². The van der Waals surface area contributed by atoms with Gasteiger partial charge in [-0.3, -0.25) is 4.79 Å². The number of nitrogens with one attached hydrogen (secondary N) is 1. The van der Waals surface area contributed by atoms with E-state index < -0.39 is 0 Å². The number of ether oxygens (including phenoxy) is 2. The summed E-state index contributed by atoms with van der Waals surface area (Å²) in [6.45, 7) is 12.7. The summed E-state index contributed by atoms with van der Waals surface area (Å²) in [4.78, 5) is 13.2. The topological polar surface area (TPSA) is 50.8 Å². The number of hydrogen-bond acceptors (Lipinski definition) is 5. The monoisotopic (exact) mass is 560 g/mol. The zero-order valence-electron chi connectivity index (χ0n) is 24.2. The second kappa shape index (κ2) is 12.2. The highest BCUT2D eigenvalue weighted by Crippen LogP contribution is 2.52. The highest BCUT2D eigenvalue weighted by atomic mass is 35.5. The number of carbonyl (C=O) groups excluding carboxylic acids is 1. The first-order valence-corrected chi connectivity index (χ1v) is 15.1. The molecule has 5 rings (SSSR count). The Kier molecular flexibility index (Phi) is 8.72. The van der Waals surface area contributed by atoms with Crippen molar-refractivity contribution in [2.75, 3.05) is 31.1 Å². The SMILES string of the molecule is CCN(CC)c1ccc2c(c1)OC1=C(C2)C(C)(C)C2=Cc3ccc(CCNCCCCCC(=O)Cl)cc3OC2=C1. The number of anilines is 1. The highest BCUT2D eigenvalue weighted by molar-refractivity contribution is 6.63. The summed E-state index contributed by atoms with van der Waals surface area (Å²) in [5.41, 5.74) is 7.11. The molecule has 0 spiro atoms. The van der Waals surface area contributed by atoms with Gasteiger partial charge in [0.25, 0.3) is 0 Å². The van der Waals surface area contributed by atoms with E-state index in [0.29, 0.717) is 6.42 Å². The third-order valence-corrected chi connectivity index (χ3v) is 8.62. The average molecular weight is 561 g/mol. The summed E-state index contributed by atoms with van der Waals surface area (Å²) < 4.78 is 13.1. The van der Waals surface area contributed by atoms with Crippen LogP contribution in [0.1, 0.15) is 70.1 Å². The number of carbonyl (C=O) groups is 1. The molecule has 0 bridgehead atoms. The molecule has 1 N–H and O–H groups in total. The molecule has 5 nitrogen and oxygen atoms in total. The molecular formula is C34H41ClN2O3. The van der Waals surface area contributed by atoms with Gasteiger partial charge in [-0.1, -0.05) is 38.5 Å². The fourth-order valence-electron chi connectivity index (χ4n) is 5.94. The minimum atomic E-state index is -0.240. The van der Waals surface area contributed by atoms with E-state index in [1.807, 2.05) is 0 Å². The molecular weight excluding hydrogens is 520 g/mol. The van der Waals surface area contributed by atoms with Gasteiger partial charge in [0.2, 0.25) is 5.24 Å². The highest BCUT2D eigenvalue weighted by Gasteiger charge is 2.41. The van der Waals surface area contributed by atoms with Crippen LogP contribution in [0.3, 0.4) is 0 Å². The molecule has 0 saturated heterocycles. The lowest BCUT2D eigenvalue weighted by molar-refractivity contribution is -0.111. The maximum absolute atomic E-state index is 10.8. The third-order valence-electron chi connectivity index (χ3n) is 8.43. The van der Waals surface area contributed by atoms with E-state index in [1.54, 1.807) is 0 Å². The van der Waals surface area contributed by atoms with Gasteiger partial charge in [0.05, 0.1) is 0 Å². The van der Waals surface area contributed by atoms with Gasteiger partial charge in [-0.2, -0.15) is 0 Å². The average Bonchev–Trinajstić information content (AvgIpc) is 2.93. The third kappa shape index (κ3) is 6.01. The molecule has 1 aliphatic carbocycles. The van der Waals surface area contributed by atoms with Crippen molar-refractivity contribution in [3.63, 3.8) is 0 Å². The van der Waals surface area contributed by atoms with Gasteiger partial charge in [0.1, 0.15) is 23.0 Å². The smallest absolute Gasteiger partial charge is 0.221 e. The Morgan fingerprint density at radius 2 is 1.80 bits per heavy atom. The summed E-state index contributed by atoms with van der Waals surface area (Å²) in [6, 6.07) is 13.2. The number of allylic oxidation sites excluding steroid dienone is 3. The lowest BCUT2D eigenvalue weighted by Gasteiger charge is -2.40. The van der Waals surface area contributed by atoms with Crippen LogP contribution in [0.2, 0.25) is 0 Å². The first-order chi connectivity index (χ1) is 19.3. The first kappa shape index (κ1) is 28.5. The van der Waals surface area contributed by atoms with Crippen LogP contribution in [0.25, 0.3) is 6.08 Å². The van der Waals surface area contributed by atoms with Gasteiger partial charge in [-0.25, -0.2) is 0 Å². The van der Waals surface area contributed by atoms with Crippen molar-refractivity contribution in [2.24, 2.45) is 5.41 Å². The van der Waals surface area contributed by atoms with Gasteiger partial charge >= 0.3 is 0 Å². The zero-order valence-corrected chi connectivity index (χ0v) is 25.0. The Bertz CT molecular complexity index is 1370. The van der Waals surface area contributed by atoms with E-state index in [-0.39, 0.29) is 10.7 Å². The molecule has 3 aliphatic rings. The predicted molar refractivity (Wildman–Crippen MR) is 164 cm³/mol. The Morgan fingerprint density at radius 3 is 2.58 bits per heavy atom. The standard InChI is InChI=1S/C34H41ClN2O3/c1-5-37(6-2)26-14-13-25-20-28-32(40-30(25)21-26)22-31-27(34(28,3)4)19-24-12-11-23(18-29(24)39-31)15-17-36-16-9-7-8-10-33(35)38/h11-14,18-19,21-22,36H,5-10,15-17,20H2,1-4H3. The van der Waals surface area contributed by atoms with Gasteiger partial charge in [0.15, 0.2) is 0 Å². The summed E-state index contributed by atoms with van der Waals surface area (Å²) in [7, 11) is 0. The summed E-state index contributed by atoms with van der Waals surface area (Å²) >= 11 is 5.40. The maximum Gasteiger partial charge on any atom is 0.221 e. The van der Waals surface area contributed by atoms with Gasteiger partial charge in [-0.05, 0) is 92.7 Å². The summed E-state index contributed by atoms with van der Waals surface area (Å²) in [5.74, 6) is 3.64. The van der Waals surface area contributed by atoms with Crippen LogP contribution in [-0.4, -0.2) is 31.4 Å². The number of halogens is 1. The van der Waals surface area contributed by atoms with Gasteiger partial charge in [-0.15, -0.1) is 0 Å². The first-order valence-electron chi connectivity index (χ1n) is 14.7. The van der Waals surface area contributed by atoms with Gasteiger partial charge in [0, 0.05) is 60.3 Å². The number of rotatable bonds is 12. The number of fused-ring (bicyclic) bond motifs is 3. The van der Waals surface area contributed by atoms with Crippen LogP contribution < -0.4 is 19.7 Å². The van der Waals surface area contributed by atoms with Crippen LogP contribution in [0.4, 0.5) is 5.69 Å². The normalized spacial score (nSPS) is 16.4. The molecule has 2 aliphatic heterocycles. The predicted octanol–water partition coefficient (Wildman–Crippen LogP) is 7.58. The van der Waals surface area contributed by atoms with E-state index >= 15 is 0 Å². The maximum atomic E-state index is 10.8. The molecule has 6 heteroatoms. The van der Waals surface area contributed by atoms with Crippen molar-refractivity contribution in [1.29, 1.82) is 0 Å². The number of nitrogens with zero attached hydrogens (tertiary/aromatic N) is 1. The molecule has 212 valence electrons. The molecule has 0 aromatic heterocycles. The quantitative estimate of drug-likeness (QED) is 0.214. The van der Waals surface area contributed by atoms with E-state index in [2.05, 4.69) is 86.5 Å². The summed E-state index contributed by atoms with van der Waals surface area (Å²) in [6.07, 6.45) is 9.59. The molecule has 0 fully saturated rings. The fourth-order valence-corrected chi connectivity index (χ4v) is 6.07. The zero-order chi connectivity index (χ0) is 28.3. The van der Waals surface area contributed by atoms with Crippen LogP contribution >= 0.6 is 11.6 Å². The van der Waals surface area contributed by atoms with E-state index in [4.69, 9.17) is 21.1 Å². The minimum Gasteiger partial charge on any atom is -0.457 e. The lowest BCUT2D eigenvalue weighted by atomic mass is 9.69. The second-order valence-electron chi connectivity index (χ2n) is 11.4. The minimum absolute atomic E-state index is 0.202. The number of unbranched alkanes of at least 4 members (excludes halogenated alkanes) is 2. The van der Waals surface area contributed by atoms with Crippen molar-refractivity contribution in [3.05, 3.63) is 81.8 Å². The molecule has 2 heterocycles. The number of benzene rings is 2. The van der Waals surface area contributed by atoms with Crippen molar-refractivity contribution >= 4 is 28.6 Å². The Hall–Kier alpha value is -3.02. The molecule has 0 radical (unpaired) electrons. The largest absolute Gasteiger partial charge is 0.457 e. The Balaban J connectivity index is 1.27. The molecule has 0 atom stereocenters. The second-order valence-corrected chi connectivity index (χ2v) is 11.8. The molecule has 2 aromatic rings. The molecule has 40 heavy (non-hydrogen) atoms. The van der Waals surface area contributed by atoms with Gasteiger partial charge < -0.3 is 19.7 Å². The van der Waals surface area contributed by atoms with Crippen molar-refractivity contribution < 1.29 is 14.3 Å². The van der Waals surface area contributed by atoms with Crippen LogP contribution in [0, 0.1) is 5.41 Å². The van der Waals surface area contributed by atoms with Crippen molar-refractivity contribution in [1.82, 2.24) is 5.32 Å². The summed E-state index contributed by atoms with van der Waals surface area (Å²) in [5, 5.41) is 3.27. The van der Waals surface area contributed by atoms with Crippen LogP contribution in [0.15, 0.2) is 65.1 Å². The molecule has 0 saturated carbocycles. The molecule has 0 amide bonds. The molecule has 0 unspecified atom stereocenters. The van der Waals surface area contributed by atoms with E-state index in [9.17, 15) is 4.79 Å². The van der Waals surface area contributed by atoms with Crippen LogP contribution in [-0.2, 0) is 17.6 Å².